The standard InChI is InChI=1S/C17H22N4O2S/c1-12-9-14-16(18-11-19-17(14)24-12)21-6-4-20(5-7-21)15(22)10-13-3-2-8-23-13/h9,11,13H,2-8,10H2,1H3. The number of ether oxygens (including phenoxy) is 1. The van der Waals surface area contributed by atoms with E-state index in [1.54, 1.807) is 17.7 Å². The Kier molecular flexibility index (Phi) is 4.37. The summed E-state index contributed by atoms with van der Waals surface area (Å²) in [4.78, 5) is 27.8. The lowest BCUT2D eigenvalue weighted by molar-refractivity contribution is -0.133. The zero-order chi connectivity index (χ0) is 16.5. The first-order valence-electron chi connectivity index (χ1n) is 8.56. The third kappa shape index (κ3) is 3.10. The van der Waals surface area contributed by atoms with Crippen LogP contribution in [0.2, 0.25) is 0 Å². The molecule has 1 amide bonds. The summed E-state index contributed by atoms with van der Waals surface area (Å²) in [6, 6.07) is 2.16. The molecule has 4 rings (SSSR count). The number of hydrogen-bond acceptors (Lipinski definition) is 6. The number of carbonyl (C=O) groups excluding carboxylic acids is 1. The van der Waals surface area contributed by atoms with Crippen molar-refractivity contribution in [3.05, 3.63) is 17.3 Å². The van der Waals surface area contributed by atoms with Gasteiger partial charge >= 0.3 is 0 Å². The van der Waals surface area contributed by atoms with Crippen LogP contribution in [0, 0.1) is 6.92 Å². The Morgan fingerprint density at radius 1 is 1.33 bits per heavy atom. The van der Waals surface area contributed by atoms with Crippen molar-refractivity contribution in [3.8, 4) is 0 Å². The summed E-state index contributed by atoms with van der Waals surface area (Å²) in [6.45, 7) is 6.03. The van der Waals surface area contributed by atoms with Crippen LogP contribution in [0.3, 0.4) is 0 Å². The van der Waals surface area contributed by atoms with E-state index in [9.17, 15) is 4.79 Å². The fourth-order valence-electron chi connectivity index (χ4n) is 3.51. The van der Waals surface area contributed by atoms with E-state index >= 15 is 0 Å². The number of carbonyl (C=O) groups is 1. The molecule has 6 nitrogen and oxygen atoms in total. The molecule has 24 heavy (non-hydrogen) atoms. The summed E-state index contributed by atoms with van der Waals surface area (Å²) in [5.74, 6) is 1.22. The molecule has 0 N–H and O–H groups in total. The van der Waals surface area contributed by atoms with Crippen LogP contribution in [0.5, 0.6) is 0 Å². The smallest absolute Gasteiger partial charge is 0.225 e. The number of rotatable bonds is 3. The van der Waals surface area contributed by atoms with Gasteiger partial charge in [0.2, 0.25) is 5.91 Å². The van der Waals surface area contributed by atoms with Crippen LogP contribution in [-0.2, 0) is 9.53 Å². The van der Waals surface area contributed by atoms with Gasteiger partial charge in [0, 0.05) is 37.7 Å². The molecule has 0 aromatic carbocycles. The van der Waals surface area contributed by atoms with Gasteiger partial charge in [0.05, 0.1) is 17.9 Å². The van der Waals surface area contributed by atoms with Gasteiger partial charge in [-0.3, -0.25) is 4.79 Å². The van der Waals surface area contributed by atoms with Gasteiger partial charge in [-0.25, -0.2) is 9.97 Å². The Balaban J connectivity index is 1.41. The molecule has 2 aromatic heterocycles. The van der Waals surface area contributed by atoms with E-state index in [2.05, 4.69) is 27.9 Å². The molecule has 2 saturated heterocycles. The highest BCUT2D eigenvalue weighted by molar-refractivity contribution is 7.18. The highest BCUT2D eigenvalue weighted by Gasteiger charge is 2.26. The number of aromatic nitrogens is 2. The first-order chi connectivity index (χ1) is 11.7. The molecule has 2 fully saturated rings. The molecule has 1 unspecified atom stereocenters. The molecule has 128 valence electrons. The number of thiophene rings is 1. The second-order valence-corrected chi connectivity index (χ2v) is 7.71. The molecule has 7 heteroatoms. The average Bonchev–Trinajstić information content (AvgIpc) is 3.23. The third-order valence-electron chi connectivity index (χ3n) is 4.79. The Morgan fingerprint density at radius 3 is 2.92 bits per heavy atom. The van der Waals surface area contributed by atoms with Crippen LogP contribution in [0.15, 0.2) is 12.4 Å². The number of aryl methyl sites for hydroxylation is 1. The molecule has 0 saturated carbocycles. The second-order valence-electron chi connectivity index (χ2n) is 6.48. The second kappa shape index (κ2) is 6.64. The van der Waals surface area contributed by atoms with E-state index in [0.717, 1.165) is 61.7 Å². The zero-order valence-electron chi connectivity index (χ0n) is 13.9. The van der Waals surface area contributed by atoms with Gasteiger partial charge in [0.1, 0.15) is 17.0 Å². The first-order valence-corrected chi connectivity index (χ1v) is 9.38. The third-order valence-corrected chi connectivity index (χ3v) is 5.75. The van der Waals surface area contributed by atoms with Crippen molar-refractivity contribution in [1.29, 1.82) is 0 Å². The van der Waals surface area contributed by atoms with Crippen LogP contribution in [-0.4, -0.2) is 59.7 Å². The molecule has 4 heterocycles. The van der Waals surface area contributed by atoms with Crippen LogP contribution in [0.4, 0.5) is 5.82 Å². The normalized spacial score (nSPS) is 21.6. The Bertz CT molecular complexity index is 733. The van der Waals surface area contributed by atoms with Crippen molar-refractivity contribution in [2.45, 2.75) is 32.3 Å². The SMILES string of the molecule is Cc1cc2c(N3CCN(C(=O)CC4CCCO4)CC3)ncnc2s1. The van der Waals surface area contributed by atoms with E-state index in [1.165, 1.54) is 4.88 Å². The van der Waals surface area contributed by atoms with Crippen molar-refractivity contribution >= 4 is 33.3 Å². The maximum absolute atomic E-state index is 12.4. The van der Waals surface area contributed by atoms with Crippen molar-refractivity contribution in [1.82, 2.24) is 14.9 Å². The lowest BCUT2D eigenvalue weighted by Gasteiger charge is -2.36. The summed E-state index contributed by atoms with van der Waals surface area (Å²) in [5, 5.41) is 1.12. The molecule has 0 spiro atoms. The predicted octanol–water partition coefficient (Wildman–Crippen LogP) is 2.22. The van der Waals surface area contributed by atoms with Crippen molar-refractivity contribution < 1.29 is 9.53 Å². The maximum atomic E-state index is 12.4. The molecular formula is C17H22N4O2S. The van der Waals surface area contributed by atoms with Gasteiger partial charge in [0.25, 0.3) is 0 Å². The molecule has 0 radical (unpaired) electrons. The average molecular weight is 346 g/mol. The fourth-order valence-corrected chi connectivity index (χ4v) is 4.35. The Labute approximate surface area is 145 Å². The van der Waals surface area contributed by atoms with E-state index in [-0.39, 0.29) is 12.0 Å². The summed E-state index contributed by atoms with van der Waals surface area (Å²) in [6.07, 6.45) is 4.40. The van der Waals surface area contributed by atoms with Crippen LogP contribution in [0.1, 0.15) is 24.1 Å². The van der Waals surface area contributed by atoms with Crippen LogP contribution in [0.25, 0.3) is 10.2 Å². The van der Waals surface area contributed by atoms with E-state index in [4.69, 9.17) is 4.74 Å². The molecule has 0 aliphatic carbocycles. The van der Waals surface area contributed by atoms with Crippen molar-refractivity contribution in [2.24, 2.45) is 0 Å². The molecule has 2 aromatic rings. The van der Waals surface area contributed by atoms with E-state index in [1.807, 2.05) is 4.90 Å². The number of nitrogens with zero attached hydrogens (tertiary/aromatic N) is 4. The van der Waals surface area contributed by atoms with E-state index < -0.39 is 0 Å². The quantitative estimate of drug-likeness (QED) is 0.853. The summed E-state index contributed by atoms with van der Waals surface area (Å²) < 4.78 is 5.58. The van der Waals surface area contributed by atoms with Gasteiger partial charge < -0.3 is 14.5 Å². The van der Waals surface area contributed by atoms with Gasteiger partial charge in [-0.05, 0) is 25.8 Å². The van der Waals surface area contributed by atoms with Gasteiger partial charge in [-0.15, -0.1) is 11.3 Å². The van der Waals surface area contributed by atoms with Gasteiger partial charge in [0.15, 0.2) is 0 Å². The minimum absolute atomic E-state index is 0.130. The first kappa shape index (κ1) is 15.8. The topological polar surface area (TPSA) is 58.6 Å². The number of fused-ring (bicyclic) bond motifs is 1. The highest BCUT2D eigenvalue weighted by atomic mass is 32.1. The summed E-state index contributed by atoms with van der Waals surface area (Å²) in [5.41, 5.74) is 0. The van der Waals surface area contributed by atoms with Gasteiger partial charge in [-0.1, -0.05) is 0 Å². The zero-order valence-corrected chi connectivity index (χ0v) is 14.7. The molecular weight excluding hydrogens is 324 g/mol. The predicted molar refractivity (Wildman–Crippen MR) is 94.5 cm³/mol. The fraction of sp³-hybridized carbons (Fsp3) is 0.588. The maximum Gasteiger partial charge on any atom is 0.225 e. The Morgan fingerprint density at radius 2 is 2.17 bits per heavy atom. The molecule has 1 atom stereocenters. The van der Waals surface area contributed by atoms with Crippen LogP contribution < -0.4 is 4.90 Å². The minimum atomic E-state index is 0.130. The number of anilines is 1. The molecule has 2 aliphatic heterocycles. The number of hydrogen-bond donors (Lipinski definition) is 0. The minimum Gasteiger partial charge on any atom is -0.378 e. The summed E-state index contributed by atoms with van der Waals surface area (Å²) in [7, 11) is 0. The lowest BCUT2D eigenvalue weighted by Crippen LogP contribution is -2.49. The highest BCUT2D eigenvalue weighted by Crippen LogP contribution is 2.30. The van der Waals surface area contributed by atoms with E-state index in [0.29, 0.717) is 6.42 Å². The molecule has 2 aliphatic rings. The van der Waals surface area contributed by atoms with Gasteiger partial charge in [-0.2, -0.15) is 0 Å². The van der Waals surface area contributed by atoms with Crippen molar-refractivity contribution in [2.75, 3.05) is 37.7 Å². The molecule has 0 bridgehead atoms. The number of amides is 1. The van der Waals surface area contributed by atoms with Crippen molar-refractivity contribution in [3.63, 3.8) is 0 Å². The summed E-state index contributed by atoms with van der Waals surface area (Å²) >= 11 is 1.70. The number of piperazine rings is 1. The lowest BCUT2D eigenvalue weighted by atomic mass is 10.1. The van der Waals surface area contributed by atoms with Crippen LogP contribution >= 0.6 is 11.3 Å². The largest absolute Gasteiger partial charge is 0.378 e. The monoisotopic (exact) mass is 346 g/mol. The Hall–Kier alpha value is -1.73.